The second-order valence-electron chi connectivity index (χ2n) is 4.38. The number of benzene rings is 2. The van der Waals surface area contributed by atoms with E-state index in [1.807, 2.05) is 30.3 Å². The molecule has 19 heavy (non-hydrogen) atoms. The first kappa shape index (κ1) is 11.9. The standard InChI is InChI=1S/C13H11BN2O2S/c14-8-5-9-10(12(18)11(8)17)16-13(19-9)6-1-3-7(15)4-2-6/h1-5,17-18H,14-15H2. The first-order valence-electron chi connectivity index (χ1n) is 5.74. The molecule has 1 heterocycles. The van der Waals surface area contributed by atoms with Gasteiger partial charge in [-0.25, -0.2) is 4.98 Å². The van der Waals surface area contributed by atoms with Crippen molar-refractivity contribution in [1.82, 2.24) is 4.98 Å². The van der Waals surface area contributed by atoms with Gasteiger partial charge in [0.05, 0.1) is 4.70 Å². The van der Waals surface area contributed by atoms with Crippen LogP contribution in [0.1, 0.15) is 0 Å². The van der Waals surface area contributed by atoms with Crippen molar-refractivity contribution in [3.05, 3.63) is 30.3 Å². The average molecular weight is 270 g/mol. The summed E-state index contributed by atoms with van der Waals surface area (Å²) in [7, 11) is 1.75. The van der Waals surface area contributed by atoms with Gasteiger partial charge in [-0.2, -0.15) is 0 Å². The summed E-state index contributed by atoms with van der Waals surface area (Å²) in [4.78, 5) is 4.38. The number of hydrogen-bond acceptors (Lipinski definition) is 5. The van der Waals surface area contributed by atoms with Gasteiger partial charge in [-0.3, -0.25) is 0 Å². The fourth-order valence-corrected chi connectivity index (χ4v) is 2.99. The Morgan fingerprint density at radius 3 is 2.47 bits per heavy atom. The summed E-state index contributed by atoms with van der Waals surface area (Å²) in [5.41, 5.74) is 8.35. The monoisotopic (exact) mass is 270 g/mol. The Morgan fingerprint density at radius 2 is 1.79 bits per heavy atom. The molecule has 0 aliphatic carbocycles. The minimum Gasteiger partial charge on any atom is -0.505 e. The number of aromatic nitrogens is 1. The molecule has 6 heteroatoms. The zero-order valence-corrected chi connectivity index (χ0v) is 11.0. The highest BCUT2D eigenvalue weighted by Gasteiger charge is 2.14. The second kappa shape index (κ2) is 4.17. The number of anilines is 1. The molecule has 0 spiro atoms. The van der Waals surface area contributed by atoms with E-state index in [4.69, 9.17) is 5.73 Å². The van der Waals surface area contributed by atoms with Crippen molar-refractivity contribution in [2.24, 2.45) is 0 Å². The van der Waals surface area contributed by atoms with Crippen LogP contribution >= 0.6 is 11.3 Å². The van der Waals surface area contributed by atoms with Gasteiger partial charge in [-0.1, -0.05) is 0 Å². The minimum atomic E-state index is -0.159. The van der Waals surface area contributed by atoms with Crippen LogP contribution in [0.5, 0.6) is 11.5 Å². The molecule has 3 aromatic rings. The molecule has 2 aromatic carbocycles. The SMILES string of the molecule is Bc1cc2sc(-c3ccc(N)cc3)nc2c(O)c1O. The Hall–Kier alpha value is -2.21. The van der Waals surface area contributed by atoms with Gasteiger partial charge in [0.15, 0.2) is 11.5 Å². The lowest BCUT2D eigenvalue weighted by atomic mass is 9.94. The van der Waals surface area contributed by atoms with Gasteiger partial charge >= 0.3 is 0 Å². The number of phenolic OH excluding ortho intramolecular Hbond substituents is 2. The van der Waals surface area contributed by atoms with Gasteiger partial charge in [0, 0.05) is 11.3 Å². The molecular weight excluding hydrogens is 259 g/mol. The molecule has 94 valence electrons. The van der Waals surface area contributed by atoms with Gasteiger partial charge < -0.3 is 15.9 Å². The lowest BCUT2D eigenvalue weighted by Crippen LogP contribution is -2.01. The van der Waals surface area contributed by atoms with E-state index in [1.165, 1.54) is 11.3 Å². The minimum absolute atomic E-state index is 0.110. The van der Waals surface area contributed by atoms with Crippen molar-refractivity contribution >= 4 is 40.5 Å². The number of nitrogens with zero attached hydrogens (tertiary/aromatic N) is 1. The van der Waals surface area contributed by atoms with E-state index in [-0.39, 0.29) is 11.5 Å². The van der Waals surface area contributed by atoms with Crippen LogP contribution in [-0.4, -0.2) is 23.0 Å². The molecule has 0 unspecified atom stereocenters. The molecule has 0 aliphatic rings. The third kappa shape index (κ3) is 1.90. The topological polar surface area (TPSA) is 79.4 Å². The Labute approximate surface area is 114 Å². The summed E-state index contributed by atoms with van der Waals surface area (Å²) in [6, 6.07) is 9.21. The first-order chi connectivity index (χ1) is 9.06. The molecule has 0 saturated carbocycles. The van der Waals surface area contributed by atoms with Crippen LogP contribution in [0.3, 0.4) is 0 Å². The van der Waals surface area contributed by atoms with Gasteiger partial charge in [-0.05, 0) is 35.8 Å². The zero-order valence-electron chi connectivity index (χ0n) is 10.2. The number of hydrogen-bond donors (Lipinski definition) is 3. The van der Waals surface area contributed by atoms with E-state index < -0.39 is 0 Å². The van der Waals surface area contributed by atoms with Crippen LogP contribution < -0.4 is 11.2 Å². The summed E-state index contributed by atoms with van der Waals surface area (Å²) in [5.74, 6) is -0.269. The van der Waals surface area contributed by atoms with Crippen LogP contribution in [0.15, 0.2) is 30.3 Å². The van der Waals surface area contributed by atoms with Crippen molar-refractivity contribution < 1.29 is 10.2 Å². The highest BCUT2D eigenvalue weighted by Crippen LogP contribution is 2.37. The van der Waals surface area contributed by atoms with Crippen LogP contribution in [0.4, 0.5) is 5.69 Å². The van der Waals surface area contributed by atoms with Crippen molar-refractivity contribution in [3.63, 3.8) is 0 Å². The Bertz CT molecular complexity index is 768. The van der Waals surface area contributed by atoms with Gasteiger partial charge in [0.1, 0.15) is 18.4 Å². The molecule has 0 amide bonds. The van der Waals surface area contributed by atoms with Crippen molar-refractivity contribution in [3.8, 4) is 22.1 Å². The molecule has 0 bridgehead atoms. The average Bonchev–Trinajstić information content (AvgIpc) is 2.81. The molecule has 1 aromatic heterocycles. The molecule has 4 nitrogen and oxygen atoms in total. The van der Waals surface area contributed by atoms with Gasteiger partial charge in [-0.15, -0.1) is 11.3 Å². The zero-order chi connectivity index (χ0) is 13.6. The van der Waals surface area contributed by atoms with E-state index in [0.29, 0.717) is 16.7 Å². The highest BCUT2D eigenvalue weighted by molar-refractivity contribution is 7.21. The molecule has 0 atom stereocenters. The maximum Gasteiger partial charge on any atom is 0.184 e. The molecule has 0 radical (unpaired) electrons. The van der Waals surface area contributed by atoms with E-state index in [9.17, 15) is 10.2 Å². The Kier molecular flexibility index (Phi) is 2.60. The predicted octanol–water partition coefficient (Wildman–Crippen LogP) is 1.22. The quantitative estimate of drug-likeness (QED) is 0.353. The summed E-state index contributed by atoms with van der Waals surface area (Å²) in [6.07, 6.45) is 0. The predicted molar refractivity (Wildman–Crippen MR) is 81.0 cm³/mol. The largest absolute Gasteiger partial charge is 0.505 e. The third-order valence-electron chi connectivity index (χ3n) is 2.98. The normalized spacial score (nSPS) is 10.9. The molecule has 0 aliphatic heterocycles. The summed E-state index contributed by atoms with van der Waals surface area (Å²) in [5, 5.41) is 20.4. The number of phenols is 2. The maximum atomic E-state index is 9.92. The number of rotatable bonds is 1. The fourth-order valence-electron chi connectivity index (χ4n) is 1.91. The van der Waals surface area contributed by atoms with E-state index in [1.54, 1.807) is 7.85 Å². The fraction of sp³-hybridized carbons (Fsp3) is 0. The highest BCUT2D eigenvalue weighted by atomic mass is 32.1. The Morgan fingerprint density at radius 1 is 1.11 bits per heavy atom. The van der Waals surface area contributed by atoms with Crippen LogP contribution in [0, 0.1) is 0 Å². The number of fused-ring (bicyclic) bond motifs is 1. The first-order valence-corrected chi connectivity index (χ1v) is 6.56. The third-order valence-corrected chi connectivity index (χ3v) is 4.03. The molecular formula is C13H11BN2O2S. The van der Waals surface area contributed by atoms with Crippen molar-refractivity contribution in [1.29, 1.82) is 0 Å². The van der Waals surface area contributed by atoms with Crippen LogP contribution in [-0.2, 0) is 0 Å². The van der Waals surface area contributed by atoms with Crippen LogP contribution in [0.25, 0.3) is 20.8 Å². The number of nitrogen functional groups attached to an aromatic ring is 1. The van der Waals surface area contributed by atoms with Crippen molar-refractivity contribution in [2.45, 2.75) is 0 Å². The molecule has 0 fully saturated rings. The number of thiazole rings is 1. The van der Waals surface area contributed by atoms with E-state index in [0.717, 1.165) is 15.3 Å². The lowest BCUT2D eigenvalue weighted by Gasteiger charge is -2.01. The molecule has 0 saturated heterocycles. The summed E-state index contributed by atoms with van der Waals surface area (Å²) < 4.78 is 0.847. The second-order valence-corrected chi connectivity index (χ2v) is 5.41. The van der Waals surface area contributed by atoms with Crippen LogP contribution in [0.2, 0.25) is 0 Å². The lowest BCUT2D eigenvalue weighted by molar-refractivity contribution is 0.410. The maximum absolute atomic E-state index is 9.92. The number of nitrogens with two attached hydrogens (primary N) is 1. The van der Waals surface area contributed by atoms with E-state index >= 15 is 0 Å². The van der Waals surface area contributed by atoms with Crippen molar-refractivity contribution in [2.75, 3.05) is 5.73 Å². The number of aromatic hydroxyl groups is 2. The smallest absolute Gasteiger partial charge is 0.184 e. The molecule has 3 rings (SSSR count). The summed E-state index contributed by atoms with van der Waals surface area (Å²) >= 11 is 1.47. The summed E-state index contributed by atoms with van der Waals surface area (Å²) in [6.45, 7) is 0. The Balaban J connectivity index is 2.22. The van der Waals surface area contributed by atoms with Gasteiger partial charge in [0.25, 0.3) is 0 Å². The van der Waals surface area contributed by atoms with Gasteiger partial charge in [0.2, 0.25) is 0 Å². The molecule has 4 N–H and O–H groups in total. The van der Waals surface area contributed by atoms with E-state index in [2.05, 4.69) is 4.98 Å².